The van der Waals surface area contributed by atoms with Crippen molar-refractivity contribution in [2.45, 2.75) is 45.1 Å². The van der Waals surface area contributed by atoms with Crippen molar-refractivity contribution >= 4 is 5.96 Å². The zero-order valence-corrected chi connectivity index (χ0v) is 15.6. The van der Waals surface area contributed by atoms with E-state index in [0.29, 0.717) is 18.6 Å². The molecule has 1 saturated carbocycles. The van der Waals surface area contributed by atoms with Crippen LogP contribution in [0.2, 0.25) is 0 Å². The number of ether oxygens (including phenoxy) is 1. The van der Waals surface area contributed by atoms with E-state index in [0.717, 1.165) is 36.7 Å². The molecular weight excluding hydrogens is 343 g/mol. The number of halogens is 3. The molecule has 1 saturated heterocycles. The second-order valence-electron chi connectivity index (χ2n) is 7.79. The Bertz CT molecular complexity index is 670. The normalized spacial score (nSPS) is 27.7. The number of aliphatic imine (C=N–C) groups is 1. The van der Waals surface area contributed by atoms with Crippen LogP contribution in [0.1, 0.15) is 31.4 Å². The zero-order valence-electron chi connectivity index (χ0n) is 15.6. The average Bonchev–Trinajstić information content (AvgIpc) is 3.02. The lowest BCUT2D eigenvalue weighted by Crippen LogP contribution is -2.67. The molecule has 0 spiro atoms. The molecule has 1 heterocycles. The molecule has 2 aliphatic rings. The molecule has 0 aromatic heterocycles. The summed E-state index contributed by atoms with van der Waals surface area (Å²) < 4.78 is 43.9. The highest BCUT2D eigenvalue weighted by Gasteiger charge is 2.59. The molecule has 2 fully saturated rings. The highest BCUT2D eigenvalue weighted by molar-refractivity contribution is 5.80. The largest absolute Gasteiger partial charge is 0.416 e. The number of benzene rings is 1. The monoisotopic (exact) mass is 369 g/mol. The average molecular weight is 369 g/mol. The molecule has 3 atom stereocenters. The van der Waals surface area contributed by atoms with Crippen molar-refractivity contribution < 1.29 is 17.9 Å². The Hall–Kier alpha value is -1.76. The van der Waals surface area contributed by atoms with E-state index >= 15 is 0 Å². The van der Waals surface area contributed by atoms with Crippen LogP contribution in [0.4, 0.5) is 13.2 Å². The fraction of sp³-hybridized carbons (Fsp3) is 0.632. The van der Waals surface area contributed by atoms with E-state index in [2.05, 4.69) is 24.2 Å². The third kappa shape index (κ3) is 3.41. The van der Waals surface area contributed by atoms with E-state index in [4.69, 9.17) is 4.74 Å². The lowest BCUT2D eigenvalue weighted by atomic mass is 9.57. The third-order valence-electron chi connectivity index (χ3n) is 5.66. The topological polar surface area (TPSA) is 36.9 Å². The van der Waals surface area contributed by atoms with Crippen molar-refractivity contribution in [3.63, 3.8) is 0 Å². The molecule has 1 N–H and O–H groups in total. The maximum atomic E-state index is 12.7. The van der Waals surface area contributed by atoms with Crippen LogP contribution in [0, 0.1) is 11.3 Å². The first kappa shape index (κ1) is 19.0. The first-order chi connectivity index (χ1) is 12.1. The summed E-state index contributed by atoms with van der Waals surface area (Å²) in [6, 6.07) is 5.55. The van der Waals surface area contributed by atoms with E-state index in [9.17, 15) is 13.2 Å². The summed E-state index contributed by atoms with van der Waals surface area (Å²) in [6.07, 6.45) is -2.97. The molecular formula is C19H26F3N3O. The van der Waals surface area contributed by atoms with Gasteiger partial charge in [-0.2, -0.15) is 13.2 Å². The van der Waals surface area contributed by atoms with Crippen molar-refractivity contribution in [2.24, 2.45) is 16.3 Å². The Kier molecular flexibility index (Phi) is 4.94. The van der Waals surface area contributed by atoms with Crippen LogP contribution in [0.5, 0.6) is 0 Å². The van der Waals surface area contributed by atoms with E-state index < -0.39 is 11.7 Å². The van der Waals surface area contributed by atoms with Gasteiger partial charge < -0.3 is 15.0 Å². The van der Waals surface area contributed by atoms with Gasteiger partial charge in [0, 0.05) is 44.6 Å². The molecule has 3 rings (SSSR count). The zero-order chi connectivity index (χ0) is 19.1. The smallest absolute Gasteiger partial charge is 0.377 e. The van der Waals surface area contributed by atoms with Gasteiger partial charge in [0.2, 0.25) is 0 Å². The van der Waals surface area contributed by atoms with Gasteiger partial charge >= 0.3 is 6.18 Å². The van der Waals surface area contributed by atoms with Crippen LogP contribution in [0.15, 0.2) is 29.3 Å². The first-order valence-corrected chi connectivity index (χ1v) is 8.87. The Morgan fingerprint density at radius 1 is 1.31 bits per heavy atom. The maximum Gasteiger partial charge on any atom is 0.416 e. The van der Waals surface area contributed by atoms with Crippen LogP contribution in [0.25, 0.3) is 0 Å². The number of hydrogen-bond donors (Lipinski definition) is 1. The number of nitrogens with one attached hydrogen (secondary N) is 1. The standard InChI is InChI=1S/C19H26F3N3O/c1-18(2)15(14-9-10-26-16(14)18)24-17(23-3)25(4)11-12-5-7-13(8-6-12)19(20,21)22/h5-8,14-16H,9-11H2,1-4H3,(H,23,24). The van der Waals surface area contributed by atoms with E-state index in [1.54, 1.807) is 7.05 Å². The minimum absolute atomic E-state index is 0.0340. The molecule has 0 radical (unpaired) electrons. The molecule has 7 heteroatoms. The molecule has 1 aliphatic heterocycles. The summed E-state index contributed by atoms with van der Waals surface area (Å²) in [7, 11) is 3.61. The van der Waals surface area contributed by atoms with Gasteiger partial charge in [-0.25, -0.2) is 0 Å². The summed E-state index contributed by atoms with van der Waals surface area (Å²) in [6.45, 7) is 5.67. The van der Waals surface area contributed by atoms with E-state index in [-0.39, 0.29) is 11.5 Å². The van der Waals surface area contributed by atoms with Gasteiger partial charge in [-0.3, -0.25) is 4.99 Å². The highest BCUT2D eigenvalue weighted by atomic mass is 19.4. The van der Waals surface area contributed by atoms with E-state index in [1.807, 2.05) is 11.9 Å². The van der Waals surface area contributed by atoms with Crippen molar-refractivity contribution in [2.75, 3.05) is 20.7 Å². The molecule has 1 aromatic carbocycles. The van der Waals surface area contributed by atoms with Gasteiger partial charge in [-0.05, 0) is 24.1 Å². The SMILES string of the molecule is CN=C(NC1C2CCOC2C1(C)C)N(C)Cc1ccc(C(F)(F)F)cc1. The van der Waals surface area contributed by atoms with E-state index in [1.165, 1.54) is 12.1 Å². The minimum Gasteiger partial charge on any atom is -0.377 e. The van der Waals surface area contributed by atoms with Crippen molar-refractivity contribution in [1.82, 2.24) is 10.2 Å². The molecule has 144 valence electrons. The summed E-state index contributed by atoms with van der Waals surface area (Å²) in [5.41, 5.74) is 0.208. The van der Waals surface area contributed by atoms with Gasteiger partial charge in [0.05, 0.1) is 11.7 Å². The van der Waals surface area contributed by atoms with Crippen molar-refractivity contribution in [3.8, 4) is 0 Å². The van der Waals surface area contributed by atoms with Crippen LogP contribution >= 0.6 is 0 Å². The predicted molar refractivity (Wildman–Crippen MR) is 94.8 cm³/mol. The predicted octanol–water partition coefficient (Wildman–Crippen LogP) is 3.53. The number of alkyl halides is 3. The number of guanidine groups is 1. The lowest BCUT2D eigenvalue weighted by Gasteiger charge is -2.55. The number of rotatable bonds is 3. The summed E-state index contributed by atoms with van der Waals surface area (Å²) in [5, 5.41) is 3.54. The van der Waals surface area contributed by atoms with Crippen molar-refractivity contribution in [3.05, 3.63) is 35.4 Å². The molecule has 4 nitrogen and oxygen atoms in total. The minimum atomic E-state index is -4.31. The van der Waals surface area contributed by atoms with Gasteiger partial charge in [0.25, 0.3) is 0 Å². The third-order valence-corrected chi connectivity index (χ3v) is 5.66. The fourth-order valence-electron chi connectivity index (χ4n) is 4.25. The number of fused-ring (bicyclic) bond motifs is 1. The van der Waals surface area contributed by atoms with Crippen LogP contribution in [-0.2, 0) is 17.5 Å². The summed E-state index contributed by atoms with van der Waals surface area (Å²) >= 11 is 0. The van der Waals surface area contributed by atoms with Gasteiger partial charge in [0.1, 0.15) is 0 Å². The number of hydrogen-bond acceptors (Lipinski definition) is 2. The van der Waals surface area contributed by atoms with Crippen molar-refractivity contribution in [1.29, 1.82) is 0 Å². The van der Waals surface area contributed by atoms with Crippen LogP contribution in [-0.4, -0.2) is 43.7 Å². The Labute approximate surface area is 152 Å². The molecule has 0 bridgehead atoms. The Balaban J connectivity index is 1.64. The lowest BCUT2D eigenvalue weighted by molar-refractivity contribution is -0.137. The molecule has 3 unspecified atom stereocenters. The summed E-state index contributed by atoms with van der Waals surface area (Å²) in [4.78, 5) is 6.29. The molecule has 0 amide bonds. The highest BCUT2D eigenvalue weighted by Crippen LogP contribution is 2.52. The van der Waals surface area contributed by atoms with Gasteiger partial charge in [-0.1, -0.05) is 26.0 Å². The second-order valence-corrected chi connectivity index (χ2v) is 7.79. The Morgan fingerprint density at radius 2 is 1.96 bits per heavy atom. The number of nitrogens with zero attached hydrogens (tertiary/aromatic N) is 2. The van der Waals surface area contributed by atoms with Gasteiger partial charge in [-0.15, -0.1) is 0 Å². The quantitative estimate of drug-likeness (QED) is 0.654. The molecule has 1 aliphatic carbocycles. The van der Waals surface area contributed by atoms with Crippen LogP contribution in [0.3, 0.4) is 0 Å². The second kappa shape index (κ2) is 6.76. The maximum absolute atomic E-state index is 12.7. The molecule has 1 aromatic rings. The fourth-order valence-corrected chi connectivity index (χ4v) is 4.25. The van der Waals surface area contributed by atoms with Crippen LogP contribution < -0.4 is 5.32 Å². The molecule has 26 heavy (non-hydrogen) atoms. The van der Waals surface area contributed by atoms with Gasteiger partial charge in [0.15, 0.2) is 5.96 Å². The Morgan fingerprint density at radius 3 is 2.54 bits per heavy atom. The first-order valence-electron chi connectivity index (χ1n) is 8.87. The summed E-state index contributed by atoms with van der Waals surface area (Å²) in [5.74, 6) is 1.23.